The Kier molecular flexibility index (Phi) is 7.52. The van der Waals surface area contributed by atoms with E-state index in [1.54, 1.807) is 17.6 Å². The number of nitrogens with zero attached hydrogens (tertiary/aromatic N) is 3. The quantitative estimate of drug-likeness (QED) is 0.100. The standard InChI is InChI=1S/C21H14ClN5O6S5/c22-16-11(25-21(23)38-16)12(26-33)17(29)24-13-18(30)27-14(20(31)32)7(6-36-19(13)27)1-3-34-10-5-8(28)15-9(37-10)2-4-35-15/h1-5,13,19,33H,6H2,(H2,23,25)(H,24,29)(H,31,32)/b3-1+,26-12-/t13-,19-/m1/s1. The van der Waals surface area contributed by atoms with Gasteiger partial charge in [0.1, 0.15) is 27.1 Å². The number of thioether (sulfide) groups is 2. The Morgan fingerprint density at radius 3 is 2.82 bits per heavy atom. The van der Waals surface area contributed by atoms with Crippen LogP contribution >= 0.6 is 69.1 Å². The zero-order chi connectivity index (χ0) is 27.1. The monoisotopic (exact) mass is 627 g/mol. The van der Waals surface area contributed by atoms with Gasteiger partial charge in [-0.05, 0) is 28.5 Å². The molecule has 196 valence electrons. The topological polar surface area (TPSA) is 175 Å². The van der Waals surface area contributed by atoms with Crippen LogP contribution in [0.2, 0.25) is 4.34 Å². The second-order valence-electron chi connectivity index (χ2n) is 7.63. The summed E-state index contributed by atoms with van der Waals surface area (Å²) < 4.78 is 2.37. The lowest BCUT2D eigenvalue weighted by Gasteiger charge is -2.49. The predicted octanol–water partition coefficient (Wildman–Crippen LogP) is 3.24. The Labute approximate surface area is 238 Å². The molecule has 0 unspecified atom stereocenters. The fraction of sp³-hybridized carbons (Fsp3) is 0.143. The van der Waals surface area contributed by atoms with E-state index in [1.807, 2.05) is 11.4 Å². The summed E-state index contributed by atoms with van der Waals surface area (Å²) in [6.07, 6.45) is 1.61. The zero-order valence-corrected chi connectivity index (χ0v) is 23.5. The average molecular weight is 628 g/mol. The summed E-state index contributed by atoms with van der Waals surface area (Å²) in [5, 5.41) is 27.5. The molecule has 0 aromatic carbocycles. The van der Waals surface area contributed by atoms with Crippen molar-refractivity contribution < 1.29 is 24.7 Å². The predicted molar refractivity (Wildman–Crippen MR) is 151 cm³/mol. The number of hydrogen-bond acceptors (Lipinski definition) is 13. The largest absolute Gasteiger partial charge is 0.477 e. The molecule has 2 aliphatic rings. The van der Waals surface area contributed by atoms with E-state index in [9.17, 15) is 29.5 Å². The number of carboxylic acid groups (broad SMARTS) is 1. The van der Waals surface area contributed by atoms with Crippen LogP contribution in [0, 0.1) is 0 Å². The summed E-state index contributed by atoms with van der Waals surface area (Å²) in [4.78, 5) is 55.0. The van der Waals surface area contributed by atoms with E-state index in [0.717, 1.165) is 25.1 Å². The number of oxime groups is 1. The van der Waals surface area contributed by atoms with E-state index in [4.69, 9.17) is 17.3 Å². The van der Waals surface area contributed by atoms with Crippen molar-refractivity contribution in [2.75, 3.05) is 11.5 Å². The van der Waals surface area contributed by atoms with Gasteiger partial charge >= 0.3 is 5.97 Å². The number of aliphatic carboxylic acids is 1. The molecule has 0 saturated carbocycles. The van der Waals surface area contributed by atoms with Gasteiger partial charge in [0, 0.05) is 11.8 Å². The van der Waals surface area contributed by atoms with E-state index in [0.29, 0.717) is 10.3 Å². The molecule has 5 heterocycles. The molecule has 0 spiro atoms. The number of β-lactam (4-membered cyclic amide) rings is 1. The third-order valence-corrected chi connectivity index (χ3v) is 10.9. The van der Waals surface area contributed by atoms with E-state index in [-0.39, 0.29) is 32.0 Å². The molecule has 5 N–H and O–H groups in total. The summed E-state index contributed by atoms with van der Waals surface area (Å²) in [5.74, 6) is -2.57. The van der Waals surface area contributed by atoms with E-state index in [2.05, 4.69) is 15.5 Å². The smallest absolute Gasteiger partial charge is 0.352 e. The first-order valence-corrected chi connectivity index (χ1v) is 15.2. The van der Waals surface area contributed by atoms with Gasteiger partial charge in [0.2, 0.25) is 0 Å². The average Bonchev–Trinajstić information content (AvgIpc) is 3.48. The minimum Gasteiger partial charge on any atom is -0.477 e. The van der Waals surface area contributed by atoms with Crippen LogP contribution in [0.5, 0.6) is 0 Å². The summed E-state index contributed by atoms with van der Waals surface area (Å²) in [6, 6.07) is 2.37. The molecule has 38 heavy (non-hydrogen) atoms. The highest BCUT2D eigenvalue weighted by atomic mass is 35.5. The van der Waals surface area contributed by atoms with Crippen LogP contribution in [0.1, 0.15) is 5.69 Å². The molecule has 2 amide bonds. The Bertz CT molecular complexity index is 1640. The summed E-state index contributed by atoms with van der Waals surface area (Å²) in [6.45, 7) is 0. The molecule has 3 aromatic rings. The summed E-state index contributed by atoms with van der Waals surface area (Å²) in [5.41, 5.74) is 5.08. The van der Waals surface area contributed by atoms with Gasteiger partial charge in [-0.3, -0.25) is 19.3 Å². The number of carboxylic acids is 1. The van der Waals surface area contributed by atoms with Crippen molar-refractivity contribution in [1.82, 2.24) is 15.2 Å². The van der Waals surface area contributed by atoms with Crippen molar-refractivity contribution >= 4 is 107 Å². The number of thiophene rings is 1. The van der Waals surface area contributed by atoms with E-state index < -0.39 is 34.9 Å². The normalized spacial score (nSPS) is 19.7. The number of hydrogen-bond donors (Lipinski definition) is 4. The van der Waals surface area contributed by atoms with Crippen LogP contribution < -0.4 is 16.5 Å². The SMILES string of the molecule is Nc1nc(/C(=N/O)C(=O)N[C@@H]2C(=O)N3C(C(=O)O)=C(/C=C/Sc4cc(=O)c5sccc5s4)CS[C@H]23)c(Cl)s1. The zero-order valence-electron chi connectivity index (χ0n) is 18.6. The summed E-state index contributed by atoms with van der Waals surface area (Å²) in [7, 11) is 0. The Hall–Kier alpha value is -2.89. The number of nitrogen functional groups attached to an aromatic ring is 1. The number of anilines is 1. The molecule has 2 atom stereocenters. The molecule has 17 heteroatoms. The van der Waals surface area contributed by atoms with Gasteiger partial charge in [-0.1, -0.05) is 39.9 Å². The van der Waals surface area contributed by atoms with Crippen molar-refractivity contribution in [2.45, 2.75) is 15.6 Å². The number of fused-ring (bicyclic) bond motifs is 2. The molecule has 3 aromatic heterocycles. The maximum Gasteiger partial charge on any atom is 0.352 e. The number of allylic oxidation sites excluding steroid dienone is 1. The number of rotatable bonds is 7. The van der Waals surface area contributed by atoms with Crippen molar-refractivity contribution in [3.8, 4) is 0 Å². The number of aromatic nitrogens is 1. The van der Waals surface area contributed by atoms with Crippen molar-refractivity contribution in [3.63, 3.8) is 0 Å². The molecule has 0 radical (unpaired) electrons. The summed E-state index contributed by atoms with van der Waals surface area (Å²) >= 11 is 12.3. The van der Waals surface area contributed by atoms with Crippen molar-refractivity contribution in [2.24, 2.45) is 5.16 Å². The molecular formula is C21H14ClN5O6S5. The van der Waals surface area contributed by atoms with Gasteiger partial charge in [-0.25, -0.2) is 9.78 Å². The lowest BCUT2D eigenvalue weighted by Crippen LogP contribution is -2.71. The van der Waals surface area contributed by atoms with Crippen LogP contribution in [0.3, 0.4) is 0 Å². The first-order chi connectivity index (χ1) is 18.2. The first kappa shape index (κ1) is 26.7. The maximum absolute atomic E-state index is 12.9. The van der Waals surface area contributed by atoms with E-state index >= 15 is 0 Å². The molecule has 2 aliphatic heterocycles. The van der Waals surface area contributed by atoms with Gasteiger partial charge in [-0.2, -0.15) is 0 Å². The highest BCUT2D eigenvalue weighted by Crippen LogP contribution is 2.41. The second kappa shape index (κ2) is 10.7. The molecule has 11 nitrogen and oxygen atoms in total. The van der Waals surface area contributed by atoms with Gasteiger partial charge in [0.15, 0.2) is 16.3 Å². The van der Waals surface area contributed by atoms with Crippen molar-refractivity contribution in [3.05, 3.63) is 60.5 Å². The number of amides is 2. The fourth-order valence-corrected chi connectivity index (χ4v) is 8.94. The lowest BCUT2D eigenvalue weighted by atomic mass is 10.0. The third kappa shape index (κ3) is 4.83. The third-order valence-electron chi connectivity index (χ3n) is 5.39. The number of nitrogens with one attached hydrogen (secondary N) is 1. The molecular weight excluding hydrogens is 614 g/mol. The van der Waals surface area contributed by atoms with E-state index in [1.165, 1.54) is 46.2 Å². The van der Waals surface area contributed by atoms with Crippen LogP contribution in [-0.4, -0.2) is 60.9 Å². The Balaban J connectivity index is 1.32. The van der Waals surface area contributed by atoms with Crippen LogP contribution in [0.4, 0.5) is 5.13 Å². The molecule has 0 bridgehead atoms. The lowest BCUT2D eigenvalue weighted by molar-refractivity contribution is -0.150. The number of carbonyl (C=O) groups is 3. The number of nitrogens with two attached hydrogens (primary N) is 1. The van der Waals surface area contributed by atoms with Gasteiger partial charge in [0.05, 0.1) is 13.6 Å². The number of halogens is 1. The van der Waals surface area contributed by atoms with Crippen LogP contribution in [0.25, 0.3) is 9.40 Å². The molecule has 0 aliphatic carbocycles. The second-order valence-corrected chi connectivity index (χ2v) is 13.6. The maximum atomic E-state index is 12.9. The Morgan fingerprint density at radius 1 is 1.34 bits per heavy atom. The molecule has 1 saturated heterocycles. The van der Waals surface area contributed by atoms with Gasteiger partial charge in [0.25, 0.3) is 11.8 Å². The van der Waals surface area contributed by atoms with Crippen LogP contribution in [-0.2, 0) is 14.4 Å². The first-order valence-electron chi connectivity index (χ1n) is 10.4. The molecule has 5 rings (SSSR count). The number of thiazole rings is 1. The minimum absolute atomic E-state index is 0.0342. The van der Waals surface area contributed by atoms with Crippen LogP contribution in [0.15, 0.2) is 54.4 Å². The minimum atomic E-state index is -1.29. The number of carbonyl (C=O) groups excluding carboxylic acids is 2. The highest BCUT2D eigenvalue weighted by Gasteiger charge is 2.54. The highest BCUT2D eigenvalue weighted by molar-refractivity contribution is 8.04. The van der Waals surface area contributed by atoms with Crippen molar-refractivity contribution in [1.29, 1.82) is 0 Å². The Morgan fingerprint density at radius 2 is 2.13 bits per heavy atom. The molecule has 1 fully saturated rings. The van der Waals surface area contributed by atoms with Gasteiger partial charge in [-0.15, -0.1) is 34.4 Å². The fourth-order valence-electron chi connectivity index (χ4n) is 3.75. The van der Waals surface area contributed by atoms with Gasteiger partial charge < -0.3 is 21.4 Å².